The Morgan fingerprint density at radius 2 is 1.80 bits per heavy atom. The van der Waals surface area contributed by atoms with E-state index in [1.165, 1.54) is 11.3 Å². The second-order valence-electron chi connectivity index (χ2n) is 7.64. The van der Waals surface area contributed by atoms with Crippen LogP contribution in [0.5, 0.6) is 0 Å². The Hall–Kier alpha value is -1.40. The molecule has 2 heterocycles. The maximum atomic E-state index is 13.4. The van der Waals surface area contributed by atoms with E-state index in [1.807, 2.05) is 11.0 Å². The highest BCUT2D eigenvalue weighted by Gasteiger charge is 2.36. The van der Waals surface area contributed by atoms with E-state index >= 15 is 0 Å². The SMILES string of the molecule is CC1CCC(C(=O)N(c2ccsc2C(=O)O)C2CCN(C)CC2)CC1. The zero-order chi connectivity index (χ0) is 18.0. The van der Waals surface area contributed by atoms with Gasteiger partial charge in [-0.3, -0.25) is 4.79 Å². The average molecular weight is 365 g/mol. The van der Waals surface area contributed by atoms with Crippen molar-refractivity contribution in [2.75, 3.05) is 25.0 Å². The van der Waals surface area contributed by atoms with E-state index in [0.717, 1.165) is 51.6 Å². The number of carboxylic acid groups (broad SMARTS) is 1. The van der Waals surface area contributed by atoms with Crippen LogP contribution in [0.25, 0.3) is 0 Å². The molecule has 1 saturated carbocycles. The number of carboxylic acids is 1. The van der Waals surface area contributed by atoms with Gasteiger partial charge in [-0.25, -0.2) is 4.79 Å². The van der Waals surface area contributed by atoms with Gasteiger partial charge < -0.3 is 14.9 Å². The zero-order valence-corrected chi connectivity index (χ0v) is 15.9. The Morgan fingerprint density at radius 1 is 1.16 bits per heavy atom. The topological polar surface area (TPSA) is 60.9 Å². The second-order valence-corrected chi connectivity index (χ2v) is 8.56. The number of nitrogens with zero attached hydrogens (tertiary/aromatic N) is 2. The minimum Gasteiger partial charge on any atom is -0.477 e. The molecule has 3 rings (SSSR count). The first-order valence-electron chi connectivity index (χ1n) is 9.29. The van der Waals surface area contributed by atoms with Crippen LogP contribution < -0.4 is 4.90 Å². The van der Waals surface area contributed by atoms with Crippen molar-refractivity contribution in [3.05, 3.63) is 16.3 Å². The number of likely N-dealkylation sites (tertiary alicyclic amines) is 1. The number of hydrogen-bond acceptors (Lipinski definition) is 4. The van der Waals surface area contributed by atoms with Crippen LogP contribution in [0.1, 0.15) is 55.1 Å². The number of hydrogen-bond donors (Lipinski definition) is 1. The molecule has 0 spiro atoms. The summed E-state index contributed by atoms with van der Waals surface area (Å²) >= 11 is 1.21. The second kappa shape index (κ2) is 7.87. The Labute approximate surface area is 153 Å². The Balaban J connectivity index is 1.87. The third-order valence-corrected chi connectivity index (χ3v) is 6.65. The number of rotatable bonds is 4. The molecule has 6 heteroatoms. The molecular weight excluding hydrogens is 336 g/mol. The normalized spacial score (nSPS) is 25.7. The quantitative estimate of drug-likeness (QED) is 0.885. The maximum Gasteiger partial charge on any atom is 0.348 e. The third kappa shape index (κ3) is 4.06. The first-order chi connectivity index (χ1) is 12.0. The molecule has 1 aromatic rings. The third-order valence-electron chi connectivity index (χ3n) is 5.75. The fourth-order valence-electron chi connectivity index (χ4n) is 4.10. The minimum absolute atomic E-state index is 0.0393. The summed E-state index contributed by atoms with van der Waals surface area (Å²) in [5, 5.41) is 11.3. The summed E-state index contributed by atoms with van der Waals surface area (Å²) in [6.07, 6.45) is 5.84. The van der Waals surface area contributed by atoms with Gasteiger partial charge in [0.2, 0.25) is 5.91 Å². The van der Waals surface area contributed by atoms with Crippen molar-refractivity contribution in [3.63, 3.8) is 0 Å². The van der Waals surface area contributed by atoms with E-state index in [2.05, 4.69) is 18.9 Å². The number of amides is 1. The van der Waals surface area contributed by atoms with Crippen LogP contribution in [0.2, 0.25) is 0 Å². The fraction of sp³-hybridized carbons (Fsp3) is 0.684. The van der Waals surface area contributed by atoms with Crippen molar-refractivity contribution in [2.24, 2.45) is 11.8 Å². The van der Waals surface area contributed by atoms with E-state index in [4.69, 9.17) is 0 Å². The molecule has 0 bridgehead atoms. The van der Waals surface area contributed by atoms with Crippen LogP contribution in [0.15, 0.2) is 11.4 Å². The van der Waals surface area contributed by atoms with E-state index in [9.17, 15) is 14.7 Å². The van der Waals surface area contributed by atoms with Crippen molar-refractivity contribution < 1.29 is 14.7 Å². The average Bonchev–Trinajstić information content (AvgIpc) is 3.07. The highest BCUT2D eigenvalue weighted by Crippen LogP contribution is 2.36. The number of aromatic carboxylic acids is 1. The molecule has 138 valence electrons. The van der Waals surface area contributed by atoms with Gasteiger partial charge in [0.25, 0.3) is 0 Å². The summed E-state index contributed by atoms with van der Waals surface area (Å²) < 4.78 is 0. The predicted octanol–water partition coefficient (Wildman–Crippen LogP) is 3.70. The molecule has 0 unspecified atom stereocenters. The first-order valence-corrected chi connectivity index (χ1v) is 10.2. The van der Waals surface area contributed by atoms with Crippen molar-refractivity contribution in [1.82, 2.24) is 4.90 Å². The molecule has 0 atom stereocenters. The first kappa shape index (κ1) is 18.4. The van der Waals surface area contributed by atoms with E-state index in [1.54, 1.807) is 5.38 Å². The summed E-state index contributed by atoms with van der Waals surface area (Å²) in [5.74, 6) is -0.0655. The standard InChI is InChI=1S/C19H28N2O3S/c1-13-3-5-14(6-4-13)18(22)21(15-7-10-20(2)11-8-15)16-9-12-25-17(16)19(23)24/h9,12-15H,3-8,10-11H2,1-2H3,(H,23,24). The number of piperidine rings is 1. The lowest BCUT2D eigenvalue weighted by atomic mass is 9.82. The highest BCUT2D eigenvalue weighted by molar-refractivity contribution is 7.12. The summed E-state index contributed by atoms with van der Waals surface area (Å²) in [6, 6.07) is 1.92. The lowest BCUT2D eigenvalue weighted by Crippen LogP contribution is -2.49. The molecule has 0 radical (unpaired) electrons. The van der Waals surface area contributed by atoms with Crippen molar-refractivity contribution >= 4 is 28.9 Å². The fourth-order valence-corrected chi connectivity index (χ4v) is 4.83. The van der Waals surface area contributed by atoms with Gasteiger partial charge in [-0.1, -0.05) is 6.92 Å². The van der Waals surface area contributed by atoms with Gasteiger partial charge >= 0.3 is 5.97 Å². The molecule has 2 aliphatic rings. The molecule has 1 aliphatic carbocycles. The van der Waals surface area contributed by atoms with Crippen LogP contribution in [-0.4, -0.2) is 48.1 Å². The summed E-state index contributed by atoms with van der Waals surface area (Å²) in [5.41, 5.74) is 0.607. The van der Waals surface area contributed by atoms with Crippen LogP contribution in [-0.2, 0) is 4.79 Å². The van der Waals surface area contributed by atoms with Gasteiger partial charge in [0.05, 0.1) is 5.69 Å². The van der Waals surface area contributed by atoms with Crippen molar-refractivity contribution in [1.29, 1.82) is 0 Å². The molecule has 1 aromatic heterocycles. The number of carbonyl (C=O) groups excluding carboxylic acids is 1. The van der Waals surface area contributed by atoms with Gasteiger partial charge in [0.1, 0.15) is 4.88 Å². The van der Waals surface area contributed by atoms with Gasteiger partial charge in [0, 0.05) is 12.0 Å². The van der Waals surface area contributed by atoms with Crippen LogP contribution >= 0.6 is 11.3 Å². The molecular formula is C19H28N2O3S. The minimum atomic E-state index is -0.937. The molecule has 1 saturated heterocycles. The molecule has 1 aliphatic heterocycles. The lowest BCUT2D eigenvalue weighted by Gasteiger charge is -2.39. The van der Waals surface area contributed by atoms with Gasteiger partial charge in [-0.05, 0) is 76.0 Å². The summed E-state index contributed by atoms with van der Waals surface area (Å²) in [7, 11) is 2.10. The van der Waals surface area contributed by atoms with Crippen molar-refractivity contribution in [3.8, 4) is 0 Å². The Kier molecular flexibility index (Phi) is 5.79. The van der Waals surface area contributed by atoms with Gasteiger partial charge in [0.15, 0.2) is 0 Å². The summed E-state index contributed by atoms with van der Waals surface area (Å²) in [6.45, 7) is 4.14. The number of anilines is 1. The molecule has 5 nitrogen and oxygen atoms in total. The molecule has 1 amide bonds. The molecule has 25 heavy (non-hydrogen) atoms. The van der Waals surface area contributed by atoms with Gasteiger partial charge in [-0.15, -0.1) is 11.3 Å². The Bertz CT molecular complexity index is 614. The monoisotopic (exact) mass is 364 g/mol. The molecule has 0 aromatic carbocycles. The number of thiophene rings is 1. The predicted molar refractivity (Wildman–Crippen MR) is 100 cm³/mol. The molecule has 2 fully saturated rings. The van der Waals surface area contributed by atoms with E-state index in [0.29, 0.717) is 11.6 Å². The highest BCUT2D eigenvalue weighted by atomic mass is 32.1. The largest absolute Gasteiger partial charge is 0.477 e. The maximum absolute atomic E-state index is 13.4. The summed E-state index contributed by atoms with van der Waals surface area (Å²) in [4.78, 5) is 29.4. The van der Waals surface area contributed by atoms with Crippen LogP contribution in [0.3, 0.4) is 0 Å². The smallest absolute Gasteiger partial charge is 0.348 e. The van der Waals surface area contributed by atoms with Crippen molar-refractivity contribution in [2.45, 2.75) is 51.5 Å². The van der Waals surface area contributed by atoms with Gasteiger partial charge in [-0.2, -0.15) is 0 Å². The van der Waals surface area contributed by atoms with Crippen LogP contribution in [0.4, 0.5) is 5.69 Å². The van der Waals surface area contributed by atoms with Crippen LogP contribution in [0, 0.1) is 11.8 Å². The lowest BCUT2D eigenvalue weighted by molar-refractivity contribution is -0.124. The Morgan fingerprint density at radius 3 is 2.40 bits per heavy atom. The zero-order valence-electron chi connectivity index (χ0n) is 15.1. The molecule has 1 N–H and O–H groups in total. The van der Waals surface area contributed by atoms with E-state index < -0.39 is 5.97 Å². The van der Waals surface area contributed by atoms with E-state index in [-0.39, 0.29) is 22.7 Å². The number of carbonyl (C=O) groups is 2.